The Morgan fingerprint density at radius 2 is 1.33 bits per heavy atom. The Labute approximate surface area is 170 Å². The Hall–Kier alpha value is -4.11. The van der Waals surface area contributed by atoms with Crippen molar-refractivity contribution in [1.29, 1.82) is 5.26 Å². The van der Waals surface area contributed by atoms with Crippen molar-refractivity contribution in [2.24, 2.45) is 0 Å². The summed E-state index contributed by atoms with van der Waals surface area (Å²) >= 11 is 0. The number of fused-ring (bicyclic) bond motifs is 10. The molecule has 30 heavy (non-hydrogen) atoms. The summed E-state index contributed by atoms with van der Waals surface area (Å²) in [6.07, 6.45) is 0. The average Bonchev–Trinajstić information content (AvgIpc) is 3.36. The number of para-hydroxylation sites is 2. The lowest BCUT2D eigenvalue weighted by molar-refractivity contribution is 0.0880. The largest absolute Gasteiger partial charge is 0.339 e. The van der Waals surface area contributed by atoms with Gasteiger partial charge in [0, 0.05) is 33.6 Å². The normalized spacial score (nSPS) is 13.5. The van der Waals surface area contributed by atoms with Crippen LogP contribution in [-0.2, 0) is 13.1 Å². The van der Waals surface area contributed by atoms with Crippen LogP contribution in [-0.4, -0.2) is 20.9 Å². The Bertz CT molecular complexity index is 1630. The van der Waals surface area contributed by atoms with E-state index in [2.05, 4.69) is 22.9 Å². The quantitative estimate of drug-likeness (QED) is 0.454. The van der Waals surface area contributed by atoms with E-state index in [-0.39, 0.29) is 18.4 Å². The van der Waals surface area contributed by atoms with Crippen molar-refractivity contribution in [3.63, 3.8) is 0 Å². The van der Waals surface area contributed by atoms with Gasteiger partial charge in [-0.15, -0.1) is 0 Å². The first-order valence-corrected chi connectivity index (χ1v) is 9.87. The van der Waals surface area contributed by atoms with E-state index in [0.717, 1.165) is 43.6 Å². The van der Waals surface area contributed by atoms with E-state index in [1.54, 1.807) is 0 Å². The van der Waals surface area contributed by atoms with E-state index < -0.39 is 0 Å². The van der Waals surface area contributed by atoms with Gasteiger partial charge in [-0.3, -0.25) is 14.9 Å². The molecular weight excluding hydrogens is 376 g/mol. The maximum absolute atomic E-state index is 12.9. The molecule has 0 radical (unpaired) electrons. The van der Waals surface area contributed by atoms with Crippen molar-refractivity contribution < 1.29 is 9.59 Å². The van der Waals surface area contributed by atoms with E-state index in [4.69, 9.17) is 0 Å². The summed E-state index contributed by atoms with van der Waals surface area (Å²) in [5.74, 6) is -0.742. The lowest BCUT2D eigenvalue weighted by Crippen LogP contribution is -2.20. The first-order chi connectivity index (χ1) is 14.7. The Morgan fingerprint density at radius 1 is 0.833 bits per heavy atom. The van der Waals surface area contributed by atoms with E-state index >= 15 is 0 Å². The molecule has 0 aliphatic carbocycles. The lowest BCUT2D eigenvalue weighted by Gasteiger charge is -2.10. The highest BCUT2D eigenvalue weighted by atomic mass is 16.2. The highest BCUT2D eigenvalue weighted by molar-refractivity contribution is 6.39. The monoisotopic (exact) mass is 392 g/mol. The van der Waals surface area contributed by atoms with Gasteiger partial charge in [0.2, 0.25) is 0 Å². The van der Waals surface area contributed by atoms with Crippen molar-refractivity contribution in [2.45, 2.75) is 20.0 Å². The van der Waals surface area contributed by atoms with Crippen LogP contribution in [0.3, 0.4) is 0 Å². The van der Waals surface area contributed by atoms with Gasteiger partial charge >= 0.3 is 0 Å². The second kappa shape index (κ2) is 5.71. The molecule has 0 saturated carbocycles. The van der Waals surface area contributed by atoms with Crippen molar-refractivity contribution in [3.8, 4) is 6.07 Å². The maximum atomic E-state index is 12.9. The van der Waals surface area contributed by atoms with Gasteiger partial charge in [0.05, 0.1) is 33.7 Å². The van der Waals surface area contributed by atoms with E-state index in [1.165, 1.54) is 0 Å². The van der Waals surface area contributed by atoms with Crippen LogP contribution in [0.2, 0.25) is 0 Å². The number of nitrogens with zero attached hydrogens (tertiary/aromatic N) is 3. The highest BCUT2D eigenvalue weighted by Gasteiger charge is 2.36. The molecule has 2 aromatic heterocycles. The fourth-order valence-electron chi connectivity index (χ4n) is 5.10. The number of aryl methyl sites for hydroxylation is 1. The van der Waals surface area contributed by atoms with E-state index in [1.807, 2.05) is 53.1 Å². The molecule has 0 saturated heterocycles. The molecule has 1 N–H and O–H groups in total. The molecule has 0 unspecified atom stereocenters. The second-order valence-electron chi connectivity index (χ2n) is 7.50. The van der Waals surface area contributed by atoms with Gasteiger partial charge in [0.25, 0.3) is 11.8 Å². The number of aromatic nitrogens is 2. The summed E-state index contributed by atoms with van der Waals surface area (Å²) in [6, 6.07) is 17.9. The molecule has 5 aromatic rings. The van der Waals surface area contributed by atoms with Crippen molar-refractivity contribution in [2.75, 3.05) is 0 Å². The zero-order valence-corrected chi connectivity index (χ0v) is 16.2. The predicted octanol–water partition coefficient (Wildman–Crippen LogP) is 4.33. The number of hydrogen-bond acceptors (Lipinski definition) is 3. The van der Waals surface area contributed by atoms with Crippen LogP contribution in [0.5, 0.6) is 0 Å². The van der Waals surface area contributed by atoms with E-state index in [9.17, 15) is 14.9 Å². The molecule has 0 fully saturated rings. The molecule has 6 nitrogen and oxygen atoms in total. The molecule has 2 amide bonds. The number of benzene rings is 3. The molecule has 1 aliphatic heterocycles. The van der Waals surface area contributed by atoms with E-state index in [0.29, 0.717) is 17.7 Å². The van der Waals surface area contributed by atoms with Crippen LogP contribution in [0.4, 0.5) is 0 Å². The molecule has 1 aliphatic rings. The van der Waals surface area contributed by atoms with Gasteiger partial charge in [-0.1, -0.05) is 36.4 Å². The standard InChI is InChI=1S/C24H16N4O2/c1-2-27-15-9-5-3-7-13(15)17-19-20(24(30)26-23(19)29)18-14-8-4-6-10-16(14)28(12-11-25)22(18)21(17)27/h3-10H,2,12H2,1H3,(H,26,29,30). The Balaban J connectivity index is 2.07. The van der Waals surface area contributed by atoms with Gasteiger partial charge < -0.3 is 9.13 Å². The molecule has 3 heterocycles. The number of carbonyl (C=O) groups excluding carboxylic acids is 2. The fourth-order valence-corrected chi connectivity index (χ4v) is 5.10. The number of rotatable bonds is 2. The van der Waals surface area contributed by atoms with Crippen molar-refractivity contribution in [1.82, 2.24) is 14.5 Å². The topological polar surface area (TPSA) is 79.8 Å². The Kier molecular flexibility index (Phi) is 3.20. The highest BCUT2D eigenvalue weighted by Crippen LogP contribution is 2.44. The third-order valence-corrected chi connectivity index (χ3v) is 6.14. The summed E-state index contributed by atoms with van der Waals surface area (Å²) in [7, 11) is 0. The number of imide groups is 1. The van der Waals surface area contributed by atoms with Crippen molar-refractivity contribution in [3.05, 3.63) is 59.7 Å². The lowest BCUT2D eigenvalue weighted by atomic mass is 9.96. The third-order valence-electron chi connectivity index (χ3n) is 6.14. The first kappa shape index (κ1) is 16.8. The molecule has 3 aromatic carbocycles. The van der Waals surface area contributed by atoms with Gasteiger partial charge in [-0.25, -0.2) is 0 Å². The van der Waals surface area contributed by atoms with Crippen LogP contribution in [0.15, 0.2) is 48.5 Å². The molecule has 0 spiro atoms. The molecular formula is C24H16N4O2. The van der Waals surface area contributed by atoms with Crippen LogP contribution >= 0.6 is 0 Å². The first-order valence-electron chi connectivity index (χ1n) is 9.87. The summed E-state index contributed by atoms with van der Waals surface area (Å²) in [5, 5.41) is 15.4. The summed E-state index contributed by atoms with van der Waals surface area (Å²) in [6.45, 7) is 2.91. The van der Waals surface area contributed by atoms with Crippen LogP contribution in [0.25, 0.3) is 43.6 Å². The number of carbonyl (C=O) groups is 2. The zero-order valence-electron chi connectivity index (χ0n) is 16.2. The van der Waals surface area contributed by atoms with Crippen molar-refractivity contribution >= 4 is 55.4 Å². The molecule has 6 rings (SSSR count). The van der Waals surface area contributed by atoms with Crippen LogP contribution in [0.1, 0.15) is 27.6 Å². The van der Waals surface area contributed by atoms with Gasteiger partial charge in [-0.05, 0) is 19.1 Å². The zero-order chi connectivity index (χ0) is 20.6. The minimum Gasteiger partial charge on any atom is -0.339 e. The minimum absolute atomic E-state index is 0.151. The molecule has 0 bridgehead atoms. The predicted molar refractivity (Wildman–Crippen MR) is 116 cm³/mol. The third kappa shape index (κ3) is 1.82. The summed E-state index contributed by atoms with van der Waals surface area (Å²) in [4.78, 5) is 25.9. The van der Waals surface area contributed by atoms with Crippen LogP contribution < -0.4 is 5.32 Å². The van der Waals surface area contributed by atoms with Gasteiger partial charge in [0.1, 0.15) is 6.54 Å². The molecule has 144 valence electrons. The number of amides is 2. The molecule has 6 heteroatoms. The second-order valence-corrected chi connectivity index (χ2v) is 7.50. The number of nitriles is 1. The SMILES string of the molecule is CCn1c2ccccc2c2c3c(c4c5ccccc5n(CC#N)c4c21)C(=O)NC3=O. The number of nitrogens with one attached hydrogen (secondary N) is 1. The average molecular weight is 392 g/mol. The number of hydrogen-bond donors (Lipinski definition) is 1. The molecule has 0 atom stereocenters. The summed E-state index contributed by atoms with van der Waals surface area (Å²) in [5.41, 5.74) is 4.45. The summed E-state index contributed by atoms with van der Waals surface area (Å²) < 4.78 is 4.14. The fraction of sp³-hybridized carbons (Fsp3) is 0.125. The minimum atomic E-state index is -0.380. The Morgan fingerprint density at radius 3 is 1.87 bits per heavy atom. The smallest absolute Gasteiger partial charge is 0.259 e. The maximum Gasteiger partial charge on any atom is 0.259 e. The van der Waals surface area contributed by atoms with Crippen LogP contribution in [0, 0.1) is 11.3 Å². The van der Waals surface area contributed by atoms with Gasteiger partial charge in [0.15, 0.2) is 0 Å². The van der Waals surface area contributed by atoms with Gasteiger partial charge in [-0.2, -0.15) is 5.26 Å².